The summed E-state index contributed by atoms with van der Waals surface area (Å²) in [5.74, 6) is -0.0696. The number of para-hydroxylation sites is 1. The van der Waals surface area contributed by atoms with E-state index in [0.717, 1.165) is 35.3 Å². The number of aryl methyl sites for hydroxylation is 2. The number of rotatable bonds is 5. The van der Waals surface area contributed by atoms with Crippen LogP contribution in [0.5, 0.6) is 0 Å². The standard InChI is InChI=1S/C21H22N4O/c1-3-17-20(25-13-14(2)8-9-19(25)24-17)21(26)22-11-10-15-12-23-18-7-5-4-6-16(15)18/h4-9,12-13,23H,3,10-11H2,1-2H3,(H,22,26). The first-order valence-electron chi connectivity index (χ1n) is 8.98. The SMILES string of the molecule is CCc1nc2ccc(C)cn2c1C(=O)NCCc1c[nH]c2ccccc12. The monoisotopic (exact) mass is 346 g/mol. The molecule has 0 bridgehead atoms. The number of nitrogens with zero attached hydrogens (tertiary/aromatic N) is 2. The van der Waals surface area contributed by atoms with Gasteiger partial charge >= 0.3 is 0 Å². The lowest BCUT2D eigenvalue weighted by Gasteiger charge is -2.07. The fourth-order valence-electron chi connectivity index (χ4n) is 3.42. The van der Waals surface area contributed by atoms with Gasteiger partial charge in [-0.3, -0.25) is 9.20 Å². The van der Waals surface area contributed by atoms with Crippen LogP contribution in [0.3, 0.4) is 0 Å². The number of carbonyl (C=O) groups is 1. The maximum Gasteiger partial charge on any atom is 0.270 e. The van der Waals surface area contributed by atoms with E-state index in [-0.39, 0.29) is 5.91 Å². The van der Waals surface area contributed by atoms with Gasteiger partial charge in [-0.2, -0.15) is 0 Å². The highest BCUT2D eigenvalue weighted by atomic mass is 16.1. The summed E-state index contributed by atoms with van der Waals surface area (Å²) in [4.78, 5) is 20.7. The minimum Gasteiger partial charge on any atom is -0.361 e. The van der Waals surface area contributed by atoms with E-state index in [4.69, 9.17) is 0 Å². The molecular formula is C21H22N4O. The second kappa shape index (κ2) is 6.67. The van der Waals surface area contributed by atoms with Gasteiger partial charge in [-0.15, -0.1) is 0 Å². The van der Waals surface area contributed by atoms with E-state index < -0.39 is 0 Å². The van der Waals surface area contributed by atoms with Crippen molar-refractivity contribution in [3.63, 3.8) is 0 Å². The Hall–Kier alpha value is -3.08. The number of benzene rings is 1. The normalized spacial score (nSPS) is 11.3. The molecule has 0 saturated carbocycles. The van der Waals surface area contributed by atoms with Gasteiger partial charge in [0.15, 0.2) is 0 Å². The van der Waals surface area contributed by atoms with E-state index >= 15 is 0 Å². The van der Waals surface area contributed by atoms with Gasteiger partial charge in [0.2, 0.25) is 0 Å². The highest BCUT2D eigenvalue weighted by Gasteiger charge is 2.18. The fraction of sp³-hybridized carbons (Fsp3) is 0.238. The third kappa shape index (κ3) is 2.86. The zero-order valence-electron chi connectivity index (χ0n) is 15.0. The number of pyridine rings is 1. The third-order valence-corrected chi connectivity index (χ3v) is 4.74. The number of carbonyl (C=O) groups excluding carboxylic acids is 1. The summed E-state index contributed by atoms with van der Waals surface area (Å²) in [6.07, 6.45) is 5.50. The van der Waals surface area contributed by atoms with Crippen LogP contribution in [0.1, 0.15) is 34.2 Å². The average Bonchev–Trinajstić information content (AvgIpc) is 3.22. The number of fused-ring (bicyclic) bond motifs is 2. The van der Waals surface area contributed by atoms with Crippen LogP contribution < -0.4 is 5.32 Å². The van der Waals surface area contributed by atoms with Crippen molar-refractivity contribution in [3.8, 4) is 0 Å². The molecule has 26 heavy (non-hydrogen) atoms. The van der Waals surface area contributed by atoms with E-state index in [0.29, 0.717) is 12.2 Å². The second-order valence-corrected chi connectivity index (χ2v) is 6.56. The van der Waals surface area contributed by atoms with Crippen LogP contribution in [0.4, 0.5) is 0 Å². The molecule has 0 spiro atoms. The molecule has 4 aromatic rings. The van der Waals surface area contributed by atoms with Crippen molar-refractivity contribution < 1.29 is 4.79 Å². The van der Waals surface area contributed by atoms with Crippen LogP contribution in [-0.4, -0.2) is 26.8 Å². The zero-order valence-corrected chi connectivity index (χ0v) is 15.0. The van der Waals surface area contributed by atoms with Gasteiger partial charge in [0.05, 0.1) is 5.69 Å². The first-order valence-corrected chi connectivity index (χ1v) is 8.98. The maximum atomic E-state index is 12.8. The van der Waals surface area contributed by atoms with Crippen LogP contribution in [0.15, 0.2) is 48.8 Å². The Kier molecular flexibility index (Phi) is 4.21. The number of imidazole rings is 1. The average molecular weight is 346 g/mol. The lowest BCUT2D eigenvalue weighted by molar-refractivity contribution is 0.0947. The topological polar surface area (TPSA) is 62.2 Å². The molecule has 132 valence electrons. The van der Waals surface area contributed by atoms with Crippen molar-refractivity contribution in [2.45, 2.75) is 26.7 Å². The molecule has 0 unspecified atom stereocenters. The molecule has 4 rings (SSSR count). The van der Waals surface area contributed by atoms with Gasteiger partial charge in [-0.1, -0.05) is 31.2 Å². The van der Waals surface area contributed by atoms with Gasteiger partial charge in [0, 0.05) is 29.8 Å². The molecule has 0 atom stereocenters. The molecule has 0 aliphatic heterocycles. The summed E-state index contributed by atoms with van der Waals surface area (Å²) in [5.41, 5.74) is 5.73. The molecule has 0 aliphatic rings. The molecule has 1 amide bonds. The summed E-state index contributed by atoms with van der Waals surface area (Å²) in [6.45, 7) is 4.63. The number of amides is 1. The first-order chi connectivity index (χ1) is 12.7. The number of aromatic amines is 1. The van der Waals surface area contributed by atoms with Crippen molar-refractivity contribution in [2.75, 3.05) is 6.54 Å². The minimum absolute atomic E-state index is 0.0696. The van der Waals surface area contributed by atoms with E-state index in [2.05, 4.69) is 27.4 Å². The van der Waals surface area contributed by atoms with Crippen molar-refractivity contribution in [2.24, 2.45) is 0 Å². The highest BCUT2D eigenvalue weighted by molar-refractivity contribution is 5.94. The summed E-state index contributed by atoms with van der Waals surface area (Å²) < 4.78 is 1.90. The van der Waals surface area contributed by atoms with E-state index in [9.17, 15) is 4.79 Å². The molecular weight excluding hydrogens is 324 g/mol. The van der Waals surface area contributed by atoms with Gasteiger partial charge in [0.1, 0.15) is 11.3 Å². The Morgan fingerprint density at radius 2 is 2.08 bits per heavy atom. The van der Waals surface area contributed by atoms with Crippen LogP contribution >= 0.6 is 0 Å². The smallest absolute Gasteiger partial charge is 0.270 e. The van der Waals surface area contributed by atoms with Gasteiger partial charge in [-0.25, -0.2) is 4.98 Å². The predicted molar refractivity (Wildman–Crippen MR) is 104 cm³/mol. The van der Waals surface area contributed by atoms with Crippen LogP contribution in [0.25, 0.3) is 16.6 Å². The number of H-pyrrole nitrogens is 1. The van der Waals surface area contributed by atoms with Gasteiger partial charge in [0.25, 0.3) is 5.91 Å². The van der Waals surface area contributed by atoms with Gasteiger partial charge < -0.3 is 10.3 Å². The quantitative estimate of drug-likeness (QED) is 0.579. The molecule has 5 heteroatoms. The van der Waals surface area contributed by atoms with E-state index in [1.54, 1.807) is 0 Å². The van der Waals surface area contributed by atoms with Crippen LogP contribution in [0, 0.1) is 6.92 Å². The van der Waals surface area contributed by atoms with Gasteiger partial charge in [-0.05, 0) is 43.0 Å². The third-order valence-electron chi connectivity index (χ3n) is 4.74. The maximum absolute atomic E-state index is 12.8. The van der Waals surface area contributed by atoms with Crippen molar-refractivity contribution in [3.05, 3.63) is 71.3 Å². The molecule has 0 aliphatic carbocycles. The van der Waals surface area contributed by atoms with Crippen molar-refractivity contribution >= 4 is 22.5 Å². The van der Waals surface area contributed by atoms with E-state index in [1.807, 2.05) is 54.9 Å². The molecule has 0 saturated heterocycles. The van der Waals surface area contributed by atoms with E-state index in [1.165, 1.54) is 10.9 Å². The van der Waals surface area contributed by atoms with Crippen molar-refractivity contribution in [1.29, 1.82) is 0 Å². The van der Waals surface area contributed by atoms with Crippen molar-refractivity contribution in [1.82, 2.24) is 19.7 Å². The number of hydrogen-bond acceptors (Lipinski definition) is 2. The summed E-state index contributed by atoms with van der Waals surface area (Å²) in [6, 6.07) is 12.2. The Labute approximate surface area is 152 Å². The first kappa shape index (κ1) is 16.4. The molecule has 1 aromatic carbocycles. The fourth-order valence-corrected chi connectivity index (χ4v) is 3.42. The Morgan fingerprint density at radius 3 is 2.92 bits per heavy atom. The molecule has 3 heterocycles. The minimum atomic E-state index is -0.0696. The number of nitrogens with one attached hydrogen (secondary N) is 2. The molecule has 0 fully saturated rings. The largest absolute Gasteiger partial charge is 0.361 e. The van der Waals surface area contributed by atoms with Crippen LogP contribution in [-0.2, 0) is 12.8 Å². The summed E-state index contributed by atoms with van der Waals surface area (Å²) in [7, 11) is 0. The second-order valence-electron chi connectivity index (χ2n) is 6.56. The number of aromatic nitrogens is 3. The molecule has 0 radical (unpaired) electrons. The summed E-state index contributed by atoms with van der Waals surface area (Å²) >= 11 is 0. The van der Waals surface area contributed by atoms with Crippen LogP contribution in [0.2, 0.25) is 0 Å². The number of hydrogen-bond donors (Lipinski definition) is 2. The lowest BCUT2D eigenvalue weighted by atomic mass is 10.1. The molecule has 3 aromatic heterocycles. The highest BCUT2D eigenvalue weighted by Crippen LogP contribution is 2.18. The zero-order chi connectivity index (χ0) is 18.1. The Balaban J connectivity index is 1.53. The lowest BCUT2D eigenvalue weighted by Crippen LogP contribution is -2.27. The summed E-state index contributed by atoms with van der Waals surface area (Å²) in [5, 5.41) is 4.27. The molecule has 5 nitrogen and oxygen atoms in total. The Bertz CT molecular complexity index is 1090. The predicted octanol–water partition coefficient (Wildman–Crippen LogP) is 3.66. The Morgan fingerprint density at radius 1 is 1.23 bits per heavy atom. The molecule has 2 N–H and O–H groups in total.